The SMILES string of the molecule is O=[N+]([O-])c1cccc2c1nnn2CO. The van der Waals surface area contributed by atoms with Crippen LogP contribution in [0.3, 0.4) is 0 Å². The summed E-state index contributed by atoms with van der Waals surface area (Å²) in [5.74, 6) is 0. The van der Waals surface area contributed by atoms with Crippen LogP contribution in [0.25, 0.3) is 11.0 Å². The molecule has 1 heterocycles. The van der Waals surface area contributed by atoms with Crippen LogP contribution in [-0.4, -0.2) is 25.0 Å². The van der Waals surface area contributed by atoms with Gasteiger partial charge in [-0.25, -0.2) is 4.68 Å². The van der Waals surface area contributed by atoms with Crippen LogP contribution in [0.2, 0.25) is 0 Å². The summed E-state index contributed by atoms with van der Waals surface area (Å²) in [6.45, 7) is -0.350. The molecule has 7 heteroatoms. The molecule has 72 valence electrons. The second kappa shape index (κ2) is 3.04. The zero-order valence-corrected chi connectivity index (χ0v) is 6.99. The Labute approximate surface area is 77.7 Å². The van der Waals surface area contributed by atoms with Crippen LogP contribution in [0, 0.1) is 10.1 Å². The Balaban J connectivity index is 2.76. The molecule has 0 fully saturated rings. The Morgan fingerprint density at radius 2 is 2.36 bits per heavy atom. The molecule has 0 aliphatic rings. The average Bonchev–Trinajstić information content (AvgIpc) is 2.59. The molecule has 0 amide bonds. The molecule has 0 unspecified atom stereocenters. The highest BCUT2D eigenvalue weighted by molar-refractivity contribution is 5.83. The van der Waals surface area contributed by atoms with Crippen LogP contribution in [0.4, 0.5) is 5.69 Å². The van der Waals surface area contributed by atoms with Crippen molar-refractivity contribution in [2.24, 2.45) is 0 Å². The Kier molecular flexibility index (Phi) is 1.86. The van der Waals surface area contributed by atoms with Crippen LogP contribution < -0.4 is 0 Å². The molecule has 0 saturated carbocycles. The van der Waals surface area contributed by atoms with Gasteiger partial charge in [0, 0.05) is 6.07 Å². The maximum atomic E-state index is 10.6. The Morgan fingerprint density at radius 1 is 1.57 bits per heavy atom. The summed E-state index contributed by atoms with van der Waals surface area (Å²) in [5, 5.41) is 26.6. The highest BCUT2D eigenvalue weighted by Gasteiger charge is 2.15. The van der Waals surface area contributed by atoms with Gasteiger partial charge in [0.1, 0.15) is 6.73 Å². The second-order valence-electron chi connectivity index (χ2n) is 2.63. The van der Waals surface area contributed by atoms with Gasteiger partial charge in [0.05, 0.1) is 10.4 Å². The van der Waals surface area contributed by atoms with Crippen molar-refractivity contribution in [2.45, 2.75) is 6.73 Å². The molecule has 0 radical (unpaired) electrons. The van der Waals surface area contributed by atoms with E-state index in [1.54, 1.807) is 6.07 Å². The van der Waals surface area contributed by atoms with E-state index in [4.69, 9.17) is 5.11 Å². The molecule has 0 atom stereocenters. The number of aliphatic hydroxyl groups excluding tert-OH is 1. The lowest BCUT2D eigenvalue weighted by molar-refractivity contribution is -0.383. The van der Waals surface area contributed by atoms with Crippen molar-refractivity contribution in [1.29, 1.82) is 0 Å². The number of fused-ring (bicyclic) bond motifs is 1. The summed E-state index contributed by atoms with van der Waals surface area (Å²) in [6.07, 6.45) is 0. The highest BCUT2D eigenvalue weighted by atomic mass is 16.6. The lowest BCUT2D eigenvalue weighted by Gasteiger charge is -1.94. The standard InChI is InChI=1S/C7H6N4O3/c12-4-10-5-2-1-3-6(11(13)14)7(5)8-9-10/h1-3,12H,4H2. The van der Waals surface area contributed by atoms with Gasteiger partial charge in [0.25, 0.3) is 5.69 Å². The molecule has 0 aliphatic carbocycles. The van der Waals surface area contributed by atoms with Gasteiger partial charge in [-0.15, -0.1) is 5.10 Å². The predicted octanol–water partition coefficient (Wildman–Crippen LogP) is 0.289. The quantitative estimate of drug-likeness (QED) is 0.547. The number of hydrogen-bond donors (Lipinski definition) is 1. The summed E-state index contributed by atoms with van der Waals surface area (Å²) >= 11 is 0. The number of non-ortho nitro benzene ring substituents is 1. The maximum Gasteiger partial charge on any atom is 0.299 e. The van der Waals surface area contributed by atoms with Crippen molar-refractivity contribution in [3.8, 4) is 0 Å². The Morgan fingerprint density at radius 3 is 3.00 bits per heavy atom. The first-order valence-corrected chi connectivity index (χ1v) is 3.81. The summed E-state index contributed by atoms with van der Waals surface area (Å²) in [5.41, 5.74) is 0.524. The number of nitro benzene ring substituents is 1. The number of hydrogen-bond acceptors (Lipinski definition) is 5. The van der Waals surface area contributed by atoms with Crippen LogP contribution >= 0.6 is 0 Å². The van der Waals surface area contributed by atoms with E-state index in [-0.39, 0.29) is 17.9 Å². The van der Waals surface area contributed by atoms with E-state index < -0.39 is 4.92 Å². The van der Waals surface area contributed by atoms with E-state index in [1.165, 1.54) is 16.8 Å². The Bertz CT molecular complexity index is 493. The van der Waals surface area contributed by atoms with Gasteiger partial charge >= 0.3 is 0 Å². The molecule has 1 N–H and O–H groups in total. The van der Waals surface area contributed by atoms with Crippen LogP contribution in [0.15, 0.2) is 18.2 Å². The first-order chi connectivity index (χ1) is 6.74. The maximum absolute atomic E-state index is 10.6. The molecule has 2 aromatic rings. The number of nitro groups is 1. The van der Waals surface area contributed by atoms with Gasteiger partial charge in [0.2, 0.25) is 0 Å². The predicted molar refractivity (Wildman–Crippen MR) is 46.4 cm³/mol. The van der Waals surface area contributed by atoms with E-state index in [2.05, 4.69) is 10.3 Å². The topological polar surface area (TPSA) is 94.1 Å². The van der Waals surface area contributed by atoms with E-state index in [0.717, 1.165) is 0 Å². The van der Waals surface area contributed by atoms with Crippen molar-refractivity contribution < 1.29 is 10.0 Å². The first kappa shape index (κ1) is 8.57. The van der Waals surface area contributed by atoms with Gasteiger partial charge in [-0.1, -0.05) is 11.3 Å². The fourth-order valence-electron chi connectivity index (χ4n) is 1.23. The molecule has 0 spiro atoms. The molecule has 14 heavy (non-hydrogen) atoms. The Hall–Kier alpha value is -2.02. The lowest BCUT2D eigenvalue weighted by Crippen LogP contribution is -1.98. The summed E-state index contributed by atoms with van der Waals surface area (Å²) in [6, 6.07) is 4.48. The van der Waals surface area contributed by atoms with Gasteiger partial charge < -0.3 is 5.11 Å². The summed E-state index contributed by atoms with van der Waals surface area (Å²) in [7, 11) is 0. The van der Waals surface area contributed by atoms with Crippen molar-refractivity contribution in [2.75, 3.05) is 0 Å². The number of aliphatic hydroxyl groups is 1. The molecule has 1 aromatic heterocycles. The third kappa shape index (κ3) is 1.11. The lowest BCUT2D eigenvalue weighted by atomic mass is 10.3. The third-order valence-electron chi connectivity index (χ3n) is 1.85. The van der Waals surface area contributed by atoms with Crippen molar-refractivity contribution in [3.05, 3.63) is 28.3 Å². The van der Waals surface area contributed by atoms with Gasteiger partial charge in [-0.3, -0.25) is 10.1 Å². The normalized spacial score (nSPS) is 10.6. The molecule has 1 aromatic carbocycles. The minimum atomic E-state index is -0.529. The minimum Gasteiger partial charge on any atom is -0.374 e. The van der Waals surface area contributed by atoms with Crippen molar-refractivity contribution in [3.63, 3.8) is 0 Å². The molecular weight excluding hydrogens is 188 g/mol. The molecule has 7 nitrogen and oxygen atoms in total. The van der Waals surface area contributed by atoms with Crippen molar-refractivity contribution in [1.82, 2.24) is 15.0 Å². The number of rotatable bonds is 2. The number of nitrogens with zero attached hydrogens (tertiary/aromatic N) is 4. The van der Waals surface area contributed by atoms with Crippen LogP contribution in [0.1, 0.15) is 0 Å². The summed E-state index contributed by atoms with van der Waals surface area (Å²) in [4.78, 5) is 10.0. The summed E-state index contributed by atoms with van der Waals surface area (Å²) < 4.78 is 1.18. The van der Waals surface area contributed by atoms with E-state index in [1.807, 2.05) is 0 Å². The van der Waals surface area contributed by atoms with E-state index in [0.29, 0.717) is 5.52 Å². The van der Waals surface area contributed by atoms with Crippen LogP contribution in [0.5, 0.6) is 0 Å². The molecule has 2 rings (SSSR count). The smallest absolute Gasteiger partial charge is 0.299 e. The third-order valence-corrected chi connectivity index (χ3v) is 1.85. The van der Waals surface area contributed by atoms with E-state index in [9.17, 15) is 10.1 Å². The van der Waals surface area contributed by atoms with Gasteiger partial charge in [0.15, 0.2) is 5.52 Å². The average molecular weight is 194 g/mol. The zero-order valence-electron chi connectivity index (χ0n) is 6.99. The molecular formula is C7H6N4O3. The van der Waals surface area contributed by atoms with Crippen LogP contribution in [-0.2, 0) is 6.73 Å². The van der Waals surface area contributed by atoms with Gasteiger partial charge in [-0.2, -0.15) is 0 Å². The molecule has 0 aliphatic heterocycles. The molecule has 0 bridgehead atoms. The second-order valence-corrected chi connectivity index (χ2v) is 2.63. The fourth-order valence-corrected chi connectivity index (χ4v) is 1.23. The van der Waals surface area contributed by atoms with E-state index >= 15 is 0 Å². The molecule has 0 saturated heterocycles. The largest absolute Gasteiger partial charge is 0.374 e. The number of aromatic nitrogens is 3. The monoisotopic (exact) mass is 194 g/mol. The zero-order chi connectivity index (χ0) is 10.1. The first-order valence-electron chi connectivity index (χ1n) is 3.81. The highest BCUT2D eigenvalue weighted by Crippen LogP contribution is 2.22. The van der Waals surface area contributed by atoms with Gasteiger partial charge in [-0.05, 0) is 6.07 Å². The minimum absolute atomic E-state index is 0.109. The fraction of sp³-hybridized carbons (Fsp3) is 0.143. The van der Waals surface area contributed by atoms with Crippen molar-refractivity contribution >= 4 is 16.7 Å². The number of benzene rings is 1.